The number of carbonyl (C=O) groups excluding carboxylic acids is 1. The topological polar surface area (TPSA) is 48.2 Å². The molecule has 0 unspecified atom stereocenters. The predicted octanol–water partition coefficient (Wildman–Crippen LogP) is 4.74. The molecule has 5 rings (SSSR count). The molecule has 3 aliphatic heterocycles. The number of pyridine rings is 1. The number of anilines is 1. The Hall–Kier alpha value is -3.21. The summed E-state index contributed by atoms with van der Waals surface area (Å²) in [5.74, 6) is 1.92. The standard InChI is InChI=1S/C24H24N4O.2CH4/c1-17-7-9-19-11-18(12-25-24(19)26-17)8-10-23(29)28-15-20-13-27(14-21(20)16-28)22-5-3-2-4-6-22;;/h2-6,8,10-13,20-21H,1,7,9,14-16H2;2*1H4/p+1/t20-,21+;;/m1../s1. The first-order valence-electron chi connectivity index (χ1n) is 10.2. The molecular weight excluding hydrogens is 384 g/mol. The van der Waals surface area contributed by atoms with E-state index in [-0.39, 0.29) is 20.8 Å². The highest BCUT2D eigenvalue weighted by atomic mass is 16.2. The van der Waals surface area contributed by atoms with E-state index in [1.165, 1.54) is 11.3 Å². The lowest BCUT2D eigenvalue weighted by molar-refractivity contribution is -0.433. The minimum Gasteiger partial charge on any atom is -0.344 e. The molecule has 5 heteroatoms. The molecule has 5 nitrogen and oxygen atoms in total. The summed E-state index contributed by atoms with van der Waals surface area (Å²) in [7, 11) is 0. The van der Waals surface area contributed by atoms with Gasteiger partial charge in [-0.05, 0) is 36.1 Å². The van der Waals surface area contributed by atoms with Crippen molar-refractivity contribution >= 4 is 29.7 Å². The van der Waals surface area contributed by atoms with Gasteiger partial charge in [0.1, 0.15) is 5.82 Å². The second kappa shape index (κ2) is 9.29. The van der Waals surface area contributed by atoms with Gasteiger partial charge < -0.3 is 10.2 Å². The summed E-state index contributed by atoms with van der Waals surface area (Å²) >= 11 is 0. The van der Waals surface area contributed by atoms with E-state index in [1.807, 2.05) is 17.0 Å². The van der Waals surface area contributed by atoms with Crippen molar-refractivity contribution in [1.29, 1.82) is 0 Å². The molecule has 2 aromatic rings. The van der Waals surface area contributed by atoms with Crippen LogP contribution in [0.15, 0.2) is 60.9 Å². The maximum atomic E-state index is 12.7. The fourth-order valence-corrected chi connectivity index (χ4v) is 4.51. The van der Waals surface area contributed by atoms with Crippen LogP contribution in [0.5, 0.6) is 0 Å². The monoisotopic (exact) mass is 417 g/mol. The highest BCUT2D eigenvalue weighted by Crippen LogP contribution is 2.30. The Morgan fingerprint density at radius 2 is 2.00 bits per heavy atom. The van der Waals surface area contributed by atoms with Gasteiger partial charge in [0.05, 0.1) is 5.92 Å². The van der Waals surface area contributed by atoms with Gasteiger partial charge in [-0.3, -0.25) is 4.79 Å². The minimum atomic E-state index is 0. The minimum absolute atomic E-state index is 0. The third kappa shape index (κ3) is 4.61. The van der Waals surface area contributed by atoms with E-state index in [0.29, 0.717) is 11.8 Å². The highest BCUT2D eigenvalue weighted by molar-refractivity contribution is 5.92. The normalized spacial score (nSPS) is 21.5. The van der Waals surface area contributed by atoms with Gasteiger partial charge in [0.15, 0.2) is 12.8 Å². The van der Waals surface area contributed by atoms with Crippen molar-refractivity contribution in [3.05, 3.63) is 72.1 Å². The lowest BCUT2D eigenvalue weighted by Gasteiger charge is -2.19. The number of para-hydroxylation sites is 1. The summed E-state index contributed by atoms with van der Waals surface area (Å²) in [6.45, 7) is 6.56. The largest absolute Gasteiger partial charge is 0.344 e. The summed E-state index contributed by atoms with van der Waals surface area (Å²) in [6, 6.07) is 12.6. The molecule has 1 saturated heterocycles. The van der Waals surface area contributed by atoms with E-state index in [2.05, 4.69) is 58.0 Å². The molecule has 1 N–H and O–H groups in total. The first-order valence-corrected chi connectivity index (χ1v) is 10.2. The van der Waals surface area contributed by atoms with Crippen molar-refractivity contribution in [2.75, 3.05) is 25.0 Å². The van der Waals surface area contributed by atoms with E-state index in [4.69, 9.17) is 0 Å². The van der Waals surface area contributed by atoms with Gasteiger partial charge in [-0.15, -0.1) is 0 Å². The fraction of sp³-hybridized carbons (Fsp3) is 0.346. The molecule has 0 aliphatic carbocycles. The van der Waals surface area contributed by atoms with Crippen LogP contribution in [0.3, 0.4) is 0 Å². The molecule has 31 heavy (non-hydrogen) atoms. The summed E-state index contributed by atoms with van der Waals surface area (Å²) in [5.41, 5.74) is 4.38. The van der Waals surface area contributed by atoms with Crippen molar-refractivity contribution in [3.8, 4) is 0 Å². The zero-order valence-electron chi connectivity index (χ0n) is 16.4. The molecule has 0 saturated carbocycles. The van der Waals surface area contributed by atoms with E-state index in [0.717, 1.165) is 49.6 Å². The molecule has 1 fully saturated rings. The van der Waals surface area contributed by atoms with Crippen molar-refractivity contribution in [2.24, 2.45) is 11.8 Å². The highest BCUT2D eigenvalue weighted by Gasteiger charge is 2.42. The third-order valence-electron chi connectivity index (χ3n) is 6.09. The smallest absolute Gasteiger partial charge is 0.246 e. The summed E-state index contributed by atoms with van der Waals surface area (Å²) < 4.78 is 2.33. The zero-order valence-corrected chi connectivity index (χ0v) is 16.4. The van der Waals surface area contributed by atoms with Crippen LogP contribution in [0.2, 0.25) is 0 Å². The molecule has 1 amide bonds. The van der Waals surface area contributed by atoms with Gasteiger partial charge >= 0.3 is 0 Å². The van der Waals surface area contributed by atoms with Gasteiger partial charge in [0.2, 0.25) is 11.6 Å². The number of benzene rings is 1. The average Bonchev–Trinajstić information content (AvgIpc) is 3.32. The van der Waals surface area contributed by atoms with Crippen LogP contribution in [0, 0.1) is 11.8 Å². The molecule has 162 valence electrons. The summed E-state index contributed by atoms with van der Waals surface area (Å²) in [5, 5.41) is 3.22. The summed E-state index contributed by atoms with van der Waals surface area (Å²) in [6.07, 6.45) is 9.53. The van der Waals surface area contributed by atoms with Crippen LogP contribution < -0.4 is 5.32 Å². The molecule has 4 heterocycles. The molecule has 0 spiro atoms. The van der Waals surface area contributed by atoms with Crippen molar-refractivity contribution in [3.63, 3.8) is 0 Å². The van der Waals surface area contributed by atoms with Crippen molar-refractivity contribution in [2.45, 2.75) is 27.7 Å². The third-order valence-corrected chi connectivity index (χ3v) is 6.09. The fourth-order valence-electron chi connectivity index (χ4n) is 4.51. The molecule has 2 atom stereocenters. The summed E-state index contributed by atoms with van der Waals surface area (Å²) in [4.78, 5) is 19.1. The first kappa shape index (κ1) is 22.5. The zero-order chi connectivity index (χ0) is 19.8. The predicted molar refractivity (Wildman–Crippen MR) is 129 cm³/mol. The van der Waals surface area contributed by atoms with Crippen LogP contribution in [0.25, 0.3) is 6.08 Å². The SMILES string of the molecule is C.C.C=C1CCc2cc(/C=C/C(=O)N3C[C@@H]4C[N+](c5ccccc5)=C[C@@H]4C3)cnc2N1. The Bertz CT molecular complexity index is 1020. The van der Waals surface area contributed by atoms with Gasteiger partial charge in [-0.1, -0.05) is 39.6 Å². The van der Waals surface area contributed by atoms with Crippen LogP contribution in [-0.2, 0) is 11.2 Å². The van der Waals surface area contributed by atoms with Crippen LogP contribution in [0.1, 0.15) is 32.4 Å². The number of nitrogens with zero attached hydrogens (tertiary/aromatic N) is 3. The Morgan fingerprint density at radius 1 is 1.19 bits per heavy atom. The Balaban J connectivity index is 0.00000136. The number of hydrogen-bond acceptors (Lipinski definition) is 3. The quantitative estimate of drug-likeness (QED) is 0.580. The Labute approximate surface area is 185 Å². The number of hydrogen-bond donors (Lipinski definition) is 1. The molecule has 0 radical (unpaired) electrons. The second-order valence-corrected chi connectivity index (χ2v) is 8.14. The maximum Gasteiger partial charge on any atom is 0.246 e. The van der Waals surface area contributed by atoms with Crippen LogP contribution in [0.4, 0.5) is 11.5 Å². The molecule has 1 aromatic heterocycles. The van der Waals surface area contributed by atoms with Crippen molar-refractivity contribution in [1.82, 2.24) is 9.88 Å². The lowest BCUT2D eigenvalue weighted by atomic mass is 10.0. The molecule has 0 bridgehead atoms. The molecule has 1 aromatic carbocycles. The number of aryl methyl sites for hydroxylation is 1. The lowest BCUT2D eigenvalue weighted by Crippen LogP contribution is -2.29. The number of aromatic nitrogens is 1. The number of amides is 1. The molecule has 3 aliphatic rings. The number of likely N-dealkylation sites (tertiary alicyclic amines) is 1. The second-order valence-electron chi connectivity index (χ2n) is 8.14. The van der Waals surface area contributed by atoms with Crippen LogP contribution in [-0.4, -0.2) is 46.2 Å². The number of fused-ring (bicyclic) bond motifs is 2. The van der Waals surface area contributed by atoms with E-state index in [9.17, 15) is 4.79 Å². The van der Waals surface area contributed by atoms with Gasteiger partial charge in [0, 0.05) is 49.1 Å². The Morgan fingerprint density at radius 3 is 2.77 bits per heavy atom. The average molecular weight is 418 g/mol. The van der Waals surface area contributed by atoms with Gasteiger partial charge in [0.25, 0.3) is 0 Å². The van der Waals surface area contributed by atoms with E-state index < -0.39 is 0 Å². The van der Waals surface area contributed by atoms with E-state index in [1.54, 1.807) is 12.3 Å². The Kier molecular flexibility index (Phi) is 6.74. The number of nitrogens with one attached hydrogen (secondary N) is 1. The number of rotatable bonds is 3. The molecular formula is C26H33N4O+. The van der Waals surface area contributed by atoms with Crippen molar-refractivity contribution < 1.29 is 9.37 Å². The maximum absolute atomic E-state index is 12.7. The number of allylic oxidation sites excluding steroid dienone is 1. The van der Waals surface area contributed by atoms with Crippen LogP contribution >= 0.6 is 0 Å². The van der Waals surface area contributed by atoms with E-state index >= 15 is 0 Å². The van der Waals surface area contributed by atoms with Gasteiger partial charge in [-0.25, -0.2) is 9.56 Å². The van der Waals surface area contributed by atoms with Gasteiger partial charge in [-0.2, -0.15) is 0 Å². The number of carbonyl (C=O) groups is 1. The first-order chi connectivity index (χ1) is 14.2.